The van der Waals surface area contributed by atoms with Gasteiger partial charge in [-0.3, -0.25) is 4.79 Å². The summed E-state index contributed by atoms with van der Waals surface area (Å²) in [5, 5.41) is 0. The zero-order valence-corrected chi connectivity index (χ0v) is 13.8. The van der Waals surface area contributed by atoms with E-state index in [-0.39, 0.29) is 23.2 Å². The fraction of sp³-hybridized carbons (Fsp3) is 0.562. The van der Waals surface area contributed by atoms with Crippen LogP contribution in [0.3, 0.4) is 0 Å². The van der Waals surface area contributed by atoms with E-state index >= 15 is 0 Å². The maximum Gasteiger partial charge on any atom is 0.387 e. The number of piperidine rings is 1. The van der Waals surface area contributed by atoms with Crippen molar-refractivity contribution < 1.29 is 27.8 Å². The first-order valence-corrected chi connectivity index (χ1v) is 7.70. The monoisotopic (exact) mass is 344 g/mol. The molecule has 8 heteroatoms. The molecule has 0 unspecified atom stereocenters. The minimum atomic E-state index is -3.02. The van der Waals surface area contributed by atoms with Crippen molar-refractivity contribution >= 4 is 5.91 Å². The third-order valence-corrected chi connectivity index (χ3v) is 4.15. The van der Waals surface area contributed by atoms with Gasteiger partial charge in [-0.15, -0.1) is 0 Å². The van der Waals surface area contributed by atoms with E-state index in [1.54, 1.807) is 4.90 Å². The molecule has 2 N–H and O–H groups in total. The number of amides is 1. The van der Waals surface area contributed by atoms with Crippen molar-refractivity contribution in [2.75, 3.05) is 33.9 Å². The highest BCUT2D eigenvalue weighted by Crippen LogP contribution is 2.40. The molecule has 0 radical (unpaired) electrons. The Labute approximate surface area is 139 Å². The number of benzene rings is 1. The Morgan fingerprint density at radius 1 is 1.25 bits per heavy atom. The third-order valence-electron chi connectivity index (χ3n) is 4.15. The number of alkyl halides is 2. The molecule has 1 saturated heterocycles. The summed E-state index contributed by atoms with van der Waals surface area (Å²) in [5.74, 6) is 0.0451. The molecule has 0 saturated carbocycles. The quantitative estimate of drug-likeness (QED) is 0.856. The molecule has 0 bridgehead atoms. The maximum absolute atomic E-state index is 12.7. The zero-order valence-electron chi connectivity index (χ0n) is 13.8. The fourth-order valence-corrected chi connectivity index (χ4v) is 2.76. The lowest BCUT2D eigenvalue weighted by molar-refractivity contribution is -0.0526. The van der Waals surface area contributed by atoms with Gasteiger partial charge in [0.25, 0.3) is 5.91 Å². The summed E-state index contributed by atoms with van der Waals surface area (Å²) in [6, 6.07) is 2.77. The van der Waals surface area contributed by atoms with Crippen molar-refractivity contribution in [1.29, 1.82) is 0 Å². The molecule has 1 aromatic rings. The SMILES string of the molecule is COc1cc(C(=O)N2CCC(CN)CC2)cc(OC)c1OC(F)F. The molecular formula is C16H22F2N2O4. The maximum atomic E-state index is 12.7. The van der Waals surface area contributed by atoms with Gasteiger partial charge < -0.3 is 24.8 Å². The lowest BCUT2D eigenvalue weighted by Gasteiger charge is -2.31. The number of likely N-dealkylation sites (tertiary alicyclic amines) is 1. The van der Waals surface area contributed by atoms with Crippen LogP contribution in [0.2, 0.25) is 0 Å². The van der Waals surface area contributed by atoms with Gasteiger partial charge in [-0.2, -0.15) is 8.78 Å². The summed E-state index contributed by atoms with van der Waals surface area (Å²) in [4.78, 5) is 14.4. The minimum Gasteiger partial charge on any atom is -0.493 e. The summed E-state index contributed by atoms with van der Waals surface area (Å²) < 4.78 is 39.7. The van der Waals surface area contributed by atoms with Crippen molar-refractivity contribution in [1.82, 2.24) is 4.90 Å². The third kappa shape index (κ3) is 4.05. The number of methoxy groups -OCH3 is 2. The van der Waals surface area contributed by atoms with Gasteiger partial charge in [-0.05, 0) is 37.4 Å². The van der Waals surface area contributed by atoms with Gasteiger partial charge >= 0.3 is 6.61 Å². The topological polar surface area (TPSA) is 74.0 Å². The van der Waals surface area contributed by atoms with E-state index in [0.29, 0.717) is 31.1 Å². The van der Waals surface area contributed by atoms with Crippen LogP contribution in [0.15, 0.2) is 12.1 Å². The van der Waals surface area contributed by atoms with Crippen LogP contribution in [0.1, 0.15) is 23.2 Å². The summed E-state index contributed by atoms with van der Waals surface area (Å²) in [6.45, 7) is -1.19. The van der Waals surface area contributed by atoms with Crippen LogP contribution in [0.4, 0.5) is 8.78 Å². The fourth-order valence-electron chi connectivity index (χ4n) is 2.76. The van der Waals surface area contributed by atoms with E-state index < -0.39 is 6.61 Å². The van der Waals surface area contributed by atoms with E-state index in [0.717, 1.165) is 12.8 Å². The van der Waals surface area contributed by atoms with Gasteiger partial charge in [0.05, 0.1) is 14.2 Å². The second-order valence-electron chi connectivity index (χ2n) is 5.56. The number of halogens is 2. The number of hydrogen-bond donors (Lipinski definition) is 1. The normalized spacial score (nSPS) is 15.5. The molecule has 6 nitrogen and oxygen atoms in total. The Morgan fingerprint density at radius 2 is 1.79 bits per heavy atom. The molecule has 1 aliphatic rings. The van der Waals surface area contributed by atoms with Gasteiger partial charge in [0.15, 0.2) is 11.5 Å². The number of ether oxygens (including phenoxy) is 3. The van der Waals surface area contributed by atoms with E-state index in [9.17, 15) is 13.6 Å². The highest BCUT2D eigenvalue weighted by molar-refractivity contribution is 5.95. The molecule has 1 heterocycles. The van der Waals surface area contributed by atoms with Gasteiger partial charge in [-0.25, -0.2) is 0 Å². The van der Waals surface area contributed by atoms with Crippen molar-refractivity contribution in [2.24, 2.45) is 11.7 Å². The largest absolute Gasteiger partial charge is 0.493 e. The van der Waals surface area contributed by atoms with Crippen LogP contribution in [0.25, 0.3) is 0 Å². The Morgan fingerprint density at radius 3 is 2.21 bits per heavy atom. The Hall–Kier alpha value is -2.09. The molecular weight excluding hydrogens is 322 g/mol. The Kier molecular flexibility index (Phi) is 6.19. The number of rotatable bonds is 6. The molecule has 134 valence electrons. The summed E-state index contributed by atoms with van der Waals surface area (Å²) >= 11 is 0. The number of hydrogen-bond acceptors (Lipinski definition) is 5. The number of nitrogens with zero attached hydrogens (tertiary/aromatic N) is 1. The smallest absolute Gasteiger partial charge is 0.387 e. The standard InChI is InChI=1S/C16H22F2N2O4/c1-22-12-7-11(8-13(23-2)14(12)24-16(17)18)15(21)20-5-3-10(9-19)4-6-20/h7-8,10,16H,3-6,9,19H2,1-2H3. The lowest BCUT2D eigenvalue weighted by Crippen LogP contribution is -2.40. The lowest BCUT2D eigenvalue weighted by atomic mass is 9.96. The van der Waals surface area contributed by atoms with Crippen LogP contribution in [0.5, 0.6) is 17.2 Å². The predicted molar refractivity (Wildman–Crippen MR) is 83.9 cm³/mol. The number of carbonyl (C=O) groups excluding carboxylic acids is 1. The highest BCUT2D eigenvalue weighted by atomic mass is 19.3. The van der Waals surface area contributed by atoms with E-state index in [1.807, 2.05) is 0 Å². The second-order valence-corrected chi connectivity index (χ2v) is 5.56. The number of carbonyl (C=O) groups is 1. The molecule has 1 aliphatic heterocycles. The molecule has 1 fully saturated rings. The van der Waals surface area contributed by atoms with Crippen LogP contribution in [-0.4, -0.2) is 51.3 Å². The van der Waals surface area contributed by atoms with Crippen molar-refractivity contribution in [2.45, 2.75) is 19.5 Å². The average Bonchev–Trinajstić information content (AvgIpc) is 2.60. The number of nitrogens with two attached hydrogens (primary N) is 1. The first-order chi connectivity index (χ1) is 11.5. The van der Waals surface area contributed by atoms with Gasteiger partial charge in [0.2, 0.25) is 5.75 Å². The van der Waals surface area contributed by atoms with Gasteiger partial charge in [-0.1, -0.05) is 0 Å². The van der Waals surface area contributed by atoms with Crippen LogP contribution < -0.4 is 19.9 Å². The van der Waals surface area contributed by atoms with E-state index in [4.69, 9.17) is 15.2 Å². The van der Waals surface area contributed by atoms with Gasteiger partial charge in [0.1, 0.15) is 0 Å². The van der Waals surface area contributed by atoms with Crippen LogP contribution >= 0.6 is 0 Å². The Bertz CT molecular complexity index is 550. The first-order valence-electron chi connectivity index (χ1n) is 7.70. The molecule has 0 spiro atoms. The van der Waals surface area contributed by atoms with E-state index in [2.05, 4.69) is 4.74 Å². The Balaban J connectivity index is 2.25. The molecule has 0 aliphatic carbocycles. The molecule has 1 amide bonds. The minimum absolute atomic E-state index is 0.0230. The zero-order chi connectivity index (χ0) is 17.7. The van der Waals surface area contributed by atoms with E-state index in [1.165, 1.54) is 26.4 Å². The van der Waals surface area contributed by atoms with Crippen molar-refractivity contribution in [3.05, 3.63) is 17.7 Å². The molecule has 0 aromatic heterocycles. The molecule has 0 atom stereocenters. The average molecular weight is 344 g/mol. The summed E-state index contributed by atoms with van der Waals surface area (Å²) in [6.07, 6.45) is 1.70. The molecule has 1 aromatic carbocycles. The predicted octanol–water partition coefficient (Wildman–Crippen LogP) is 2.12. The van der Waals surface area contributed by atoms with Gasteiger partial charge in [0, 0.05) is 18.7 Å². The van der Waals surface area contributed by atoms with Crippen molar-refractivity contribution in [3.63, 3.8) is 0 Å². The summed E-state index contributed by atoms with van der Waals surface area (Å²) in [7, 11) is 2.63. The summed E-state index contributed by atoms with van der Waals surface area (Å²) in [5.41, 5.74) is 5.96. The first kappa shape index (κ1) is 18.3. The molecule has 24 heavy (non-hydrogen) atoms. The second kappa shape index (κ2) is 8.14. The molecule has 2 rings (SSSR count). The highest BCUT2D eigenvalue weighted by Gasteiger charge is 2.26. The van der Waals surface area contributed by atoms with Crippen LogP contribution in [-0.2, 0) is 0 Å². The van der Waals surface area contributed by atoms with Crippen LogP contribution in [0, 0.1) is 5.92 Å². The van der Waals surface area contributed by atoms with Crippen molar-refractivity contribution in [3.8, 4) is 17.2 Å².